The van der Waals surface area contributed by atoms with Gasteiger partial charge >= 0.3 is 11.9 Å². The molecule has 0 aromatic heterocycles. The smallest absolute Gasteiger partial charge is 0.308 e. The summed E-state index contributed by atoms with van der Waals surface area (Å²) in [6.07, 6.45) is -0.274. The summed E-state index contributed by atoms with van der Waals surface area (Å²) in [6.45, 7) is 0.825. The summed E-state index contributed by atoms with van der Waals surface area (Å²) in [5.74, 6) is -1.63. The molecule has 1 N–H and O–H groups in total. The Bertz CT molecular complexity index is 879. The zero-order valence-corrected chi connectivity index (χ0v) is 15.8. The van der Waals surface area contributed by atoms with Gasteiger partial charge in [0.05, 0.1) is 17.1 Å². The monoisotopic (exact) mass is 403 g/mol. The van der Waals surface area contributed by atoms with E-state index >= 15 is 0 Å². The normalized spacial score (nSPS) is 10.1. The lowest BCUT2D eigenvalue weighted by molar-refractivity contribution is -0.143. The van der Waals surface area contributed by atoms with Crippen molar-refractivity contribution in [3.05, 3.63) is 59.1 Å². The number of hydrogen-bond donors (Lipinski definition) is 1. The topological polar surface area (TPSA) is 98.8 Å². The number of carbonyl (C=O) groups is 4. The summed E-state index contributed by atoms with van der Waals surface area (Å²) in [4.78, 5) is 46.5. The summed E-state index contributed by atoms with van der Waals surface area (Å²) < 4.78 is 9.77. The van der Waals surface area contributed by atoms with Crippen molar-refractivity contribution in [2.75, 3.05) is 11.9 Å². The van der Waals surface area contributed by atoms with Crippen LogP contribution < -0.4 is 10.1 Å². The Balaban J connectivity index is 1.74. The second-order valence-corrected chi connectivity index (χ2v) is 6.14. The number of nitrogens with one attached hydrogen (secondary N) is 1. The highest BCUT2D eigenvalue weighted by molar-refractivity contribution is 6.33. The van der Waals surface area contributed by atoms with Gasteiger partial charge in [-0.1, -0.05) is 23.7 Å². The van der Waals surface area contributed by atoms with E-state index < -0.39 is 30.2 Å². The number of para-hydroxylation sites is 1. The van der Waals surface area contributed by atoms with Crippen LogP contribution in [0.5, 0.6) is 5.75 Å². The van der Waals surface area contributed by atoms with E-state index in [1.54, 1.807) is 24.3 Å². The molecule has 0 atom stereocenters. The number of ether oxygens (including phenoxy) is 2. The molecule has 0 saturated heterocycles. The average molecular weight is 404 g/mol. The van der Waals surface area contributed by atoms with E-state index in [0.29, 0.717) is 22.0 Å². The first-order valence-corrected chi connectivity index (χ1v) is 8.74. The number of benzene rings is 2. The lowest BCUT2D eigenvalue weighted by Gasteiger charge is -2.07. The molecule has 0 heterocycles. The zero-order valence-electron chi connectivity index (χ0n) is 15.1. The van der Waals surface area contributed by atoms with Gasteiger partial charge in [-0.3, -0.25) is 19.2 Å². The van der Waals surface area contributed by atoms with Crippen LogP contribution in [0, 0.1) is 0 Å². The van der Waals surface area contributed by atoms with Gasteiger partial charge in [0.25, 0.3) is 0 Å². The Labute approximate surface area is 166 Å². The number of Topliss-reactive ketones (excluding diaryl/α,β-unsaturated/α-hetero) is 1. The second kappa shape index (κ2) is 10.2. The molecule has 0 aliphatic rings. The van der Waals surface area contributed by atoms with Gasteiger partial charge in [0.15, 0.2) is 12.4 Å². The molecule has 0 aliphatic heterocycles. The van der Waals surface area contributed by atoms with Crippen molar-refractivity contribution >= 4 is 40.9 Å². The van der Waals surface area contributed by atoms with Crippen LogP contribution in [0.3, 0.4) is 0 Å². The Hall–Kier alpha value is -3.19. The number of esters is 2. The van der Waals surface area contributed by atoms with Crippen molar-refractivity contribution in [2.45, 2.75) is 19.8 Å². The average Bonchev–Trinajstić information content (AvgIpc) is 2.66. The first-order valence-electron chi connectivity index (χ1n) is 8.37. The Kier molecular flexibility index (Phi) is 7.71. The summed E-state index contributed by atoms with van der Waals surface area (Å²) >= 11 is 5.94. The van der Waals surface area contributed by atoms with E-state index in [1.807, 2.05) is 0 Å². The van der Waals surface area contributed by atoms with Gasteiger partial charge in [-0.2, -0.15) is 0 Å². The Morgan fingerprint density at radius 1 is 0.964 bits per heavy atom. The van der Waals surface area contributed by atoms with Gasteiger partial charge in [-0.25, -0.2) is 0 Å². The predicted molar refractivity (Wildman–Crippen MR) is 102 cm³/mol. The van der Waals surface area contributed by atoms with Gasteiger partial charge in [0.2, 0.25) is 5.91 Å². The molecule has 0 radical (unpaired) electrons. The molecule has 0 aliphatic carbocycles. The first kappa shape index (κ1) is 21.1. The lowest BCUT2D eigenvalue weighted by Crippen LogP contribution is -2.17. The van der Waals surface area contributed by atoms with Crippen molar-refractivity contribution in [1.29, 1.82) is 0 Å². The maximum Gasteiger partial charge on any atom is 0.308 e. The summed E-state index contributed by atoms with van der Waals surface area (Å²) in [5, 5.41) is 2.99. The van der Waals surface area contributed by atoms with Crippen LogP contribution in [0.15, 0.2) is 48.5 Å². The molecule has 0 bridgehead atoms. The largest absolute Gasteiger partial charge is 0.457 e. The molecule has 2 aromatic rings. The standard InChI is InChI=1S/C20H18ClNO6/c1-13(23)28-15-8-6-14(7-9-15)18(24)12-27-20(26)11-10-19(25)22-17-5-3-2-4-16(17)21/h2-9H,10-12H2,1H3,(H,22,25). The molecule has 7 nitrogen and oxygen atoms in total. The van der Waals surface area contributed by atoms with E-state index in [4.69, 9.17) is 21.1 Å². The molecule has 0 unspecified atom stereocenters. The fraction of sp³-hybridized carbons (Fsp3) is 0.200. The van der Waals surface area contributed by atoms with Crippen molar-refractivity contribution < 1.29 is 28.7 Å². The maximum absolute atomic E-state index is 12.0. The van der Waals surface area contributed by atoms with E-state index in [-0.39, 0.29) is 12.8 Å². The molecule has 8 heteroatoms. The summed E-state index contributed by atoms with van der Waals surface area (Å²) in [7, 11) is 0. The van der Waals surface area contributed by atoms with E-state index in [2.05, 4.69) is 5.32 Å². The number of carbonyl (C=O) groups excluding carboxylic acids is 4. The molecule has 0 fully saturated rings. The number of halogens is 1. The zero-order chi connectivity index (χ0) is 20.5. The quantitative estimate of drug-likeness (QED) is 0.412. The first-order chi connectivity index (χ1) is 13.3. The highest BCUT2D eigenvalue weighted by Crippen LogP contribution is 2.20. The molecule has 2 aromatic carbocycles. The van der Waals surface area contributed by atoms with Gasteiger partial charge in [0.1, 0.15) is 5.75 Å². The summed E-state index contributed by atoms with van der Waals surface area (Å²) in [5.41, 5.74) is 0.759. The number of anilines is 1. The van der Waals surface area contributed by atoms with Crippen LogP contribution in [0.25, 0.3) is 0 Å². The maximum atomic E-state index is 12.0. The molecule has 0 saturated carbocycles. The van der Waals surface area contributed by atoms with Crippen LogP contribution in [0.2, 0.25) is 5.02 Å². The van der Waals surface area contributed by atoms with Crippen LogP contribution in [-0.2, 0) is 19.1 Å². The minimum Gasteiger partial charge on any atom is -0.457 e. The van der Waals surface area contributed by atoms with Gasteiger partial charge in [0, 0.05) is 18.9 Å². The van der Waals surface area contributed by atoms with E-state index in [9.17, 15) is 19.2 Å². The number of rotatable bonds is 8. The minimum atomic E-state index is -0.667. The van der Waals surface area contributed by atoms with E-state index in [0.717, 1.165) is 0 Å². The van der Waals surface area contributed by atoms with Crippen molar-refractivity contribution in [1.82, 2.24) is 0 Å². The molecule has 2 rings (SSSR count). The van der Waals surface area contributed by atoms with Crippen molar-refractivity contribution in [3.63, 3.8) is 0 Å². The van der Waals surface area contributed by atoms with Crippen molar-refractivity contribution in [3.8, 4) is 5.75 Å². The van der Waals surface area contributed by atoms with E-state index in [1.165, 1.54) is 31.2 Å². The SMILES string of the molecule is CC(=O)Oc1ccc(C(=O)COC(=O)CCC(=O)Nc2ccccc2Cl)cc1. The predicted octanol–water partition coefficient (Wildman–Crippen LogP) is 3.41. The Morgan fingerprint density at radius 2 is 1.64 bits per heavy atom. The fourth-order valence-corrected chi connectivity index (χ4v) is 2.35. The van der Waals surface area contributed by atoms with Gasteiger partial charge in [-0.15, -0.1) is 0 Å². The van der Waals surface area contributed by atoms with Crippen molar-refractivity contribution in [2.24, 2.45) is 0 Å². The third kappa shape index (κ3) is 6.85. The van der Waals surface area contributed by atoms with Crippen LogP contribution in [0.4, 0.5) is 5.69 Å². The summed E-state index contributed by atoms with van der Waals surface area (Å²) in [6, 6.07) is 12.6. The third-order valence-electron chi connectivity index (χ3n) is 3.51. The van der Waals surface area contributed by atoms with Crippen LogP contribution in [-0.4, -0.2) is 30.2 Å². The lowest BCUT2D eigenvalue weighted by atomic mass is 10.1. The number of ketones is 1. The molecular formula is C20H18ClNO6. The third-order valence-corrected chi connectivity index (χ3v) is 3.84. The molecular weight excluding hydrogens is 386 g/mol. The Morgan fingerprint density at radius 3 is 2.29 bits per heavy atom. The van der Waals surface area contributed by atoms with Crippen LogP contribution in [0.1, 0.15) is 30.1 Å². The second-order valence-electron chi connectivity index (χ2n) is 5.73. The van der Waals surface area contributed by atoms with Crippen LogP contribution >= 0.6 is 11.6 Å². The van der Waals surface area contributed by atoms with Gasteiger partial charge in [-0.05, 0) is 36.4 Å². The highest BCUT2D eigenvalue weighted by Gasteiger charge is 2.13. The minimum absolute atomic E-state index is 0.102. The van der Waals surface area contributed by atoms with Gasteiger partial charge < -0.3 is 14.8 Å². The number of hydrogen-bond acceptors (Lipinski definition) is 6. The fourth-order valence-electron chi connectivity index (χ4n) is 2.17. The highest BCUT2D eigenvalue weighted by atomic mass is 35.5. The molecule has 28 heavy (non-hydrogen) atoms. The number of amides is 1. The molecule has 1 amide bonds. The molecule has 0 spiro atoms. The molecule has 146 valence electrons.